The van der Waals surface area contributed by atoms with Crippen LogP contribution in [0.1, 0.15) is 33.9 Å². The molecule has 32 heavy (non-hydrogen) atoms. The third-order valence-corrected chi connectivity index (χ3v) is 7.15. The minimum absolute atomic E-state index is 0.0558. The summed E-state index contributed by atoms with van der Waals surface area (Å²) in [5.41, 5.74) is 0.149. The summed E-state index contributed by atoms with van der Waals surface area (Å²) in [4.78, 5) is 47.7. The van der Waals surface area contributed by atoms with Gasteiger partial charge in [-0.25, -0.2) is 8.42 Å². The van der Waals surface area contributed by atoms with Gasteiger partial charge >= 0.3 is 5.97 Å². The van der Waals surface area contributed by atoms with Crippen molar-refractivity contribution in [2.24, 2.45) is 0 Å². The normalized spacial score (nSPS) is 11.1. The van der Waals surface area contributed by atoms with Crippen LogP contribution in [0.25, 0.3) is 0 Å². The van der Waals surface area contributed by atoms with Crippen LogP contribution in [0.2, 0.25) is 0 Å². The number of nitrogens with one attached hydrogen (secondary N) is 2. The van der Waals surface area contributed by atoms with E-state index in [1.165, 1.54) is 28.6 Å². The van der Waals surface area contributed by atoms with Crippen molar-refractivity contribution in [1.82, 2.24) is 14.9 Å². The number of imide groups is 1. The van der Waals surface area contributed by atoms with Crippen molar-refractivity contribution in [3.63, 3.8) is 0 Å². The highest BCUT2D eigenvalue weighted by atomic mass is 32.2. The van der Waals surface area contributed by atoms with Gasteiger partial charge in [0.2, 0.25) is 10.0 Å². The third-order valence-electron chi connectivity index (χ3n) is 4.22. The predicted molar refractivity (Wildman–Crippen MR) is 117 cm³/mol. The number of carbonyl (C=O) groups is 4. The zero-order chi connectivity index (χ0) is 23.7. The predicted octanol–water partition coefficient (Wildman–Crippen LogP) is 1.01. The van der Waals surface area contributed by atoms with Crippen molar-refractivity contribution in [2.75, 3.05) is 26.2 Å². The number of nitrogens with zero attached hydrogens (tertiary/aromatic N) is 1. The molecular formula is C20H23N3O7S2. The van der Waals surface area contributed by atoms with Crippen LogP contribution in [0.5, 0.6) is 0 Å². The monoisotopic (exact) mass is 481 g/mol. The Hall–Kier alpha value is -3.09. The minimum atomic E-state index is -3.64. The molecule has 10 nitrogen and oxygen atoms in total. The van der Waals surface area contributed by atoms with E-state index in [9.17, 15) is 27.6 Å². The number of hydrogen-bond acceptors (Lipinski definition) is 8. The van der Waals surface area contributed by atoms with E-state index in [4.69, 9.17) is 4.74 Å². The summed E-state index contributed by atoms with van der Waals surface area (Å²) in [5.74, 6) is -2.89. The smallest absolute Gasteiger partial charge is 0.325 e. The molecule has 0 saturated heterocycles. The molecule has 172 valence electrons. The van der Waals surface area contributed by atoms with E-state index in [0.717, 1.165) is 11.3 Å². The fraction of sp³-hybridized carbons (Fsp3) is 0.300. The lowest BCUT2D eigenvalue weighted by Gasteiger charge is -2.18. The van der Waals surface area contributed by atoms with Gasteiger partial charge in [0.1, 0.15) is 6.54 Å². The molecule has 0 bridgehead atoms. The summed E-state index contributed by atoms with van der Waals surface area (Å²) in [5, 5.41) is 6.08. The molecule has 12 heteroatoms. The maximum atomic E-state index is 12.5. The van der Waals surface area contributed by atoms with Crippen LogP contribution < -0.4 is 10.6 Å². The Balaban J connectivity index is 1.81. The van der Waals surface area contributed by atoms with E-state index in [1.807, 2.05) is 0 Å². The van der Waals surface area contributed by atoms with Gasteiger partial charge in [-0.05, 0) is 35.7 Å². The van der Waals surface area contributed by atoms with Gasteiger partial charge in [-0.15, -0.1) is 11.3 Å². The van der Waals surface area contributed by atoms with Gasteiger partial charge in [0.15, 0.2) is 6.61 Å². The molecule has 3 amide bonds. The van der Waals surface area contributed by atoms with E-state index in [2.05, 4.69) is 10.6 Å². The Kier molecular flexibility index (Phi) is 9.05. The largest absolute Gasteiger partial charge is 0.454 e. The first-order valence-corrected chi connectivity index (χ1v) is 11.9. The van der Waals surface area contributed by atoms with Gasteiger partial charge in [0.25, 0.3) is 17.7 Å². The number of esters is 1. The lowest BCUT2D eigenvalue weighted by molar-refractivity contribution is -0.147. The number of rotatable bonds is 10. The molecule has 0 radical (unpaired) electrons. The molecule has 0 fully saturated rings. The van der Waals surface area contributed by atoms with Gasteiger partial charge < -0.3 is 10.1 Å². The maximum Gasteiger partial charge on any atom is 0.325 e. The molecule has 2 aromatic rings. The molecular weight excluding hydrogens is 458 g/mol. The summed E-state index contributed by atoms with van der Waals surface area (Å²) in [6, 6.07) is 8.50. The van der Waals surface area contributed by atoms with E-state index in [-0.39, 0.29) is 10.5 Å². The lowest BCUT2D eigenvalue weighted by atomic mass is 10.2. The highest BCUT2D eigenvalue weighted by Crippen LogP contribution is 2.16. The molecule has 1 aromatic heterocycles. The number of benzene rings is 1. The Morgan fingerprint density at radius 2 is 1.66 bits per heavy atom. The Morgan fingerprint density at radius 1 is 1.00 bits per heavy atom. The van der Waals surface area contributed by atoms with Gasteiger partial charge in [-0.2, -0.15) is 4.31 Å². The van der Waals surface area contributed by atoms with Gasteiger partial charge in [0, 0.05) is 18.7 Å². The standard InChI is InChI=1S/C20H23N3O7S2/c1-3-23(4-2)32(28,29)15-9-7-14(8-10-15)19(26)21-12-18(25)30-13-17(24)22-20(27)16-6-5-11-31-16/h5-11H,3-4,12-13H2,1-2H3,(H,21,26)(H,22,24,27). The van der Waals surface area contributed by atoms with Crippen molar-refractivity contribution in [3.05, 3.63) is 52.2 Å². The van der Waals surface area contributed by atoms with E-state index in [1.54, 1.807) is 31.4 Å². The molecule has 2 N–H and O–H groups in total. The number of sulfonamides is 1. The molecule has 1 heterocycles. The van der Waals surface area contributed by atoms with E-state index < -0.39 is 46.9 Å². The SMILES string of the molecule is CCN(CC)S(=O)(=O)c1ccc(C(=O)NCC(=O)OCC(=O)NC(=O)c2cccs2)cc1. The maximum absolute atomic E-state index is 12.5. The van der Waals surface area contributed by atoms with Crippen LogP contribution in [-0.2, 0) is 24.3 Å². The average Bonchev–Trinajstić information content (AvgIpc) is 3.32. The minimum Gasteiger partial charge on any atom is -0.454 e. The molecule has 0 saturated carbocycles. The first kappa shape index (κ1) is 25.2. The van der Waals surface area contributed by atoms with Crippen molar-refractivity contribution in [1.29, 1.82) is 0 Å². The second kappa shape index (κ2) is 11.5. The summed E-state index contributed by atoms with van der Waals surface area (Å²) in [6.45, 7) is 2.92. The molecule has 1 aromatic carbocycles. The summed E-state index contributed by atoms with van der Waals surface area (Å²) >= 11 is 1.16. The second-order valence-corrected chi connectivity index (χ2v) is 9.20. The van der Waals surface area contributed by atoms with Gasteiger partial charge in [-0.3, -0.25) is 24.5 Å². The second-order valence-electron chi connectivity index (χ2n) is 6.31. The number of hydrogen-bond donors (Lipinski definition) is 2. The Bertz CT molecular complexity index is 1060. The molecule has 0 aliphatic heterocycles. The van der Waals surface area contributed by atoms with Crippen molar-refractivity contribution in [2.45, 2.75) is 18.7 Å². The van der Waals surface area contributed by atoms with Gasteiger partial charge in [-0.1, -0.05) is 19.9 Å². The summed E-state index contributed by atoms with van der Waals surface area (Å²) in [7, 11) is -3.64. The highest BCUT2D eigenvalue weighted by Gasteiger charge is 2.22. The lowest BCUT2D eigenvalue weighted by Crippen LogP contribution is -2.36. The molecule has 2 rings (SSSR count). The quantitative estimate of drug-likeness (QED) is 0.483. The van der Waals surface area contributed by atoms with E-state index in [0.29, 0.717) is 18.0 Å². The molecule has 0 aliphatic carbocycles. The van der Waals surface area contributed by atoms with Crippen molar-refractivity contribution < 1.29 is 32.3 Å². The van der Waals surface area contributed by atoms with Crippen LogP contribution in [0.15, 0.2) is 46.7 Å². The number of ether oxygens (including phenoxy) is 1. The molecule has 0 aliphatic rings. The van der Waals surface area contributed by atoms with Gasteiger partial charge in [0.05, 0.1) is 9.77 Å². The van der Waals surface area contributed by atoms with Crippen LogP contribution in [-0.4, -0.2) is 62.7 Å². The molecule has 0 atom stereocenters. The topological polar surface area (TPSA) is 139 Å². The fourth-order valence-electron chi connectivity index (χ4n) is 2.57. The first-order valence-electron chi connectivity index (χ1n) is 9.60. The van der Waals surface area contributed by atoms with E-state index >= 15 is 0 Å². The fourth-order valence-corrected chi connectivity index (χ4v) is 4.65. The third kappa shape index (κ3) is 6.70. The summed E-state index contributed by atoms with van der Waals surface area (Å²) < 4.78 is 30.9. The number of thiophene rings is 1. The number of amides is 3. The first-order chi connectivity index (χ1) is 15.2. The van der Waals surface area contributed by atoms with Crippen LogP contribution in [0.3, 0.4) is 0 Å². The average molecular weight is 482 g/mol. The van der Waals surface area contributed by atoms with Crippen molar-refractivity contribution in [3.8, 4) is 0 Å². The molecule has 0 unspecified atom stereocenters. The number of carbonyl (C=O) groups excluding carboxylic acids is 4. The van der Waals surface area contributed by atoms with Crippen LogP contribution in [0.4, 0.5) is 0 Å². The Morgan fingerprint density at radius 3 is 2.22 bits per heavy atom. The summed E-state index contributed by atoms with van der Waals surface area (Å²) in [6.07, 6.45) is 0. The van der Waals surface area contributed by atoms with Crippen LogP contribution in [0, 0.1) is 0 Å². The van der Waals surface area contributed by atoms with Crippen LogP contribution >= 0.6 is 11.3 Å². The van der Waals surface area contributed by atoms with Crippen molar-refractivity contribution >= 4 is 45.1 Å². The zero-order valence-electron chi connectivity index (χ0n) is 17.5. The Labute approximate surface area is 189 Å². The molecule has 0 spiro atoms. The highest BCUT2D eigenvalue weighted by molar-refractivity contribution is 7.89. The zero-order valence-corrected chi connectivity index (χ0v) is 19.1.